The molecule has 6 nitrogen and oxygen atoms in total. The average molecular weight is 263 g/mol. The van der Waals surface area contributed by atoms with Crippen LogP contribution in [0.1, 0.15) is 38.1 Å². The molecule has 19 heavy (non-hydrogen) atoms. The van der Waals surface area contributed by atoms with E-state index in [1.54, 1.807) is 4.90 Å². The van der Waals surface area contributed by atoms with Crippen molar-refractivity contribution in [2.75, 3.05) is 18.9 Å². The Morgan fingerprint density at radius 3 is 2.63 bits per heavy atom. The SMILES string of the molecule is CCc1nnc(NC2CCC(=O)N(C)C2)nc1CC. The first-order valence-electron chi connectivity index (χ1n) is 6.87. The summed E-state index contributed by atoms with van der Waals surface area (Å²) in [5.41, 5.74) is 1.96. The van der Waals surface area contributed by atoms with Crippen molar-refractivity contribution in [3.05, 3.63) is 11.4 Å². The maximum atomic E-state index is 11.4. The maximum Gasteiger partial charge on any atom is 0.243 e. The Morgan fingerprint density at radius 1 is 1.26 bits per heavy atom. The van der Waals surface area contributed by atoms with E-state index in [1.807, 2.05) is 7.05 Å². The summed E-state index contributed by atoms with van der Waals surface area (Å²) >= 11 is 0. The lowest BCUT2D eigenvalue weighted by Crippen LogP contribution is -2.43. The molecular weight excluding hydrogens is 242 g/mol. The van der Waals surface area contributed by atoms with E-state index in [2.05, 4.69) is 34.3 Å². The van der Waals surface area contributed by atoms with Crippen molar-refractivity contribution >= 4 is 11.9 Å². The molecule has 104 valence electrons. The van der Waals surface area contributed by atoms with Gasteiger partial charge in [0, 0.05) is 26.1 Å². The number of hydrogen-bond donors (Lipinski definition) is 1. The summed E-state index contributed by atoms with van der Waals surface area (Å²) in [6, 6.07) is 0.210. The van der Waals surface area contributed by atoms with Gasteiger partial charge in [-0.15, -0.1) is 5.10 Å². The van der Waals surface area contributed by atoms with Crippen molar-refractivity contribution < 1.29 is 4.79 Å². The molecule has 1 saturated heterocycles. The van der Waals surface area contributed by atoms with Gasteiger partial charge < -0.3 is 10.2 Å². The number of hydrogen-bond acceptors (Lipinski definition) is 5. The molecule has 0 radical (unpaired) electrons. The van der Waals surface area contributed by atoms with Crippen LogP contribution in [-0.2, 0) is 17.6 Å². The first-order valence-corrected chi connectivity index (χ1v) is 6.87. The zero-order chi connectivity index (χ0) is 13.8. The van der Waals surface area contributed by atoms with Crippen LogP contribution in [0.2, 0.25) is 0 Å². The molecule has 1 unspecified atom stereocenters. The monoisotopic (exact) mass is 263 g/mol. The molecule has 2 heterocycles. The molecule has 0 aliphatic carbocycles. The molecule has 1 atom stereocenters. The van der Waals surface area contributed by atoms with Crippen LogP contribution in [0.15, 0.2) is 0 Å². The first-order chi connectivity index (χ1) is 9.13. The first kappa shape index (κ1) is 13.7. The topological polar surface area (TPSA) is 71.0 Å². The van der Waals surface area contributed by atoms with Gasteiger partial charge in [0.25, 0.3) is 0 Å². The van der Waals surface area contributed by atoms with E-state index in [9.17, 15) is 4.79 Å². The molecule has 1 aliphatic heterocycles. The largest absolute Gasteiger partial charge is 0.348 e. The van der Waals surface area contributed by atoms with Gasteiger partial charge in [-0.25, -0.2) is 4.98 Å². The number of carbonyl (C=O) groups is 1. The zero-order valence-electron chi connectivity index (χ0n) is 11.8. The van der Waals surface area contributed by atoms with Gasteiger partial charge in [-0.1, -0.05) is 13.8 Å². The van der Waals surface area contributed by atoms with Crippen LogP contribution in [0.4, 0.5) is 5.95 Å². The lowest BCUT2D eigenvalue weighted by Gasteiger charge is -2.30. The van der Waals surface area contributed by atoms with Crippen molar-refractivity contribution in [3.8, 4) is 0 Å². The van der Waals surface area contributed by atoms with Crippen molar-refractivity contribution in [2.45, 2.75) is 45.6 Å². The van der Waals surface area contributed by atoms with Crippen LogP contribution in [0.5, 0.6) is 0 Å². The predicted molar refractivity (Wildman–Crippen MR) is 72.9 cm³/mol. The second-order valence-electron chi connectivity index (χ2n) is 4.89. The molecule has 1 fully saturated rings. The van der Waals surface area contributed by atoms with Crippen molar-refractivity contribution in [2.24, 2.45) is 0 Å². The second-order valence-corrected chi connectivity index (χ2v) is 4.89. The number of aromatic nitrogens is 3. The number of carbonyl (C=O) groups excluding carboxylic acids is 1. The van der Waals surface area contributed by atoms with E-state index in [-0.39, 0.29) is 11.9 Å². The summed E-state index contributed by atoms with van der Waals surface area (Å²) < 4.78 is 0. The molecule has 1 aliphatic rings. The van der Waals surface area contributed by atoms with Crippen LogP contribution in [0, 0.1) is 0 Å². The third kappa shape index (κ3) is 3.19. The normalized spacial score (nSPS) is 19.6. The highest BCUT2D eigenvalue weighted by Gasteiger charge is 2.23. The summed E-state index contributed by atoms with van der Waals surface area (Å²) in [7, 11) is 1.83. The summed E-state index contributed by atoms with van der Waals surface area (Å²) in [5, 5.41) is 11.6. The van der Waals surface area contributed by atoms with E-state index in [0.717, 1.165) is 30.7 Å². The summed E-state index contributed by atoms with van der Waals surface area (Å²) in [4.78, 5) is 17.7. The minimum absolute atomic E-state index is 0.202. The number of piperidine rings is 1. The van der Waals surface area contributed by atoms with E-state index in [0.29, 0.717) is 18.9 Å². The minimum atomic E-state index is 0.202. The number of nitrogens with zero attached hydrogens (tertiary/aromatic N) is 4. The number of likely N-dealkylation sites (N-methyl/N-ethyl adjacent to an activating group) is 1. The third-order valence-corrected chi connectivity index (χ3v) is 3.47. The number of nitrogens with one attached hydrogen (secondary N) is 1. The van der Waals surface area contributed by atoms with Crippen molar-refractivity contribution in [1.29, 1.82) is 0 Å². The van der Waals surface area contributed by atoms with E-state index >= 15 is 0 Å². The minimum Gasteiger partial charge on any atom is -0.348 e. The van der Waals surface area contributed by atoms with Gasteiger partial charge in [-0.05, 0) is 19.3 Å². The molecular formula is C13H21N5O. The van der Waals surface area contributed by atoms with Crippen molar-refractivity contribution in [1.82, 2.24) is 20.1 Å². The highest BCUT2D eigenvalue weighted by Crippen LogP contribution is 2.14. The smallest absolute Gasteiger partial charge is 0.243 e. The highest BCUT2D eigenvalue weighted by molar-refractivity contribution is 5.76. The van der Waals surface area contributed by atoms with E-state index < -0.39 is 0 Å². The van der Waals surface area contributed by atoms with Crippen LogP contribution < -0.4 is 5.32 Å². The van der Waals surface area contributed by atoms with Gasteiger partial charge in [0.2, 0.25) is 11.9 Å². The van der Waals surface area contributed by atoms with E-state index in [4.69, 9.17) is 0 Å². The Kier molecular flexibility index (Phi) is 4.29. The fourth-order valence-electron chi connectivity index (χ4n) is 2.31. The molecule has 1 amide bonds. The third-order valence-electron chi connectivity index (χ3n) is 3.47. The Bertz CT molecular complexity index is 462. The molecule has 2 rings (SSSR count). The van der Waals surface area contributed by atoms with Gasteiger partial charge in [0.15, 0.2) is 0 Å². The second kappa shape index (κ2) is 5.95. The fraction of sp³-hybridized carbons (Fsp3) is 0.692. The highest BCUT2D eigenvalue weighted by atomic mass is 16.2. The Morgan fingerprint density at radius 2 is 2.00 bits per heavy atom. The molecule has 1 N–H and O–H groups in total. The fourth-order valence-corrected chi connectivity index (χ4v) is 2.31. The van der Waals surface area contributed by atoms with Gasteiger partial charge in [0.05, 0.1) is 11.4 Å². The number of likely N-dealkylation sites (tertiary alicyclic amines) is 1. The number of anilines is 1. The van der Waals surface area contributed by atoms with Gasteiger partial charge in [-0.3, -0.25) is 4.79 Å². The standard InChI is InChI=1S/C13H21N5O/c1-4-10-11(5-2)16-17-13(15-10)14-9-6-7-12(19)18(3)8-9/h9H,4-8H2,1-3H3,(H,14,15,17). The molecule has 1 aromatic rings. The van der Waals surface area contributed by atoms with Crippen LogP contribution in [-0.4, -0.2) is 45.6 Å². The molecule has 0 aromatic carbocycles. The van der Waals surface area contributed by atoms with Crippen molar-refractivity contribution in [3.63, 3.8) is 0 Å². The Hall–Kier alpha value is -1.72. The Balaban J connectivity index is 2.05. The summed E-state index contributed by atoms with van der Waals surface area (Å²) in [6.45, 7) is 4.82. The van der Waals surface area contributed by atoms with Gasteiger partial charge >= 0.3 is 0 Å². The molecule has 0 spiro atoms. The number of aryl methyl sites for hydroxylation is 2. The van der Waals surface area contributed by atoms with E-state index in [1.165, 1.54) is 0 Å². The molecule has 1 aromatic heterocycles. The molecule has 6 heteroatoms. The quantitative estimate of drug-likeness (QED) is 0.878. The van der Waals surface area contributed by atoms with Gasteiger partial charge in [-0.2, -0.15) is 5.10 Å². The lowest BCUT2D eigenvalue weighted by atomic mass is 10.1. The Labute approximate surface area is 113 Å². The average Bonchev–Trinajstić information content (AvgIpc) is 2.43. The van der Waals surface area contributed by atoms with Crippen LogP contribution >= 0.6 is 0 Å². The van der Waals surface area contributed by atoms with Crippen LogP contribution in [0.3, 0.4) is 0 Å². The number of rotatable bonds is 4. The molecule has 0 bridgehead atoms. The number of amides is 1. The summed E-state index contributed by atoms with van der Waals surface area (Å²) in [6.07, 6.45) is 3.11. The molecule has 0 saturated carbocycles. The predicted octanol–water partition coefficient (Wildman–Crippen LogP) is 1.03. The zero-order valence-corrected chi connectivity index (χ0v) is 11.8. The lowest BCUT2D eigenvalue weighted by molar-refractivity contribution is -0.132. The summed E-state index contributed by atoms with van der Waals surface area (Å²) in [5.74, 6) is 0.773. The van der Waals surface area contributed by atoms with Crippen LogP contribution in [0.25, 0.3) is 0 Å². The maximum absolute atomic E-state index is 11.4. The van der Waals surface area contributed by atoms with Gasteiger partial charge in [0.1, 0.15) is 0 Å².